The molecule has 1 amide bonds. The summed E-state index contributed by atoms with van der Waals surface area (Å²) >= 11 is 0. The quantitative estimate of drug-likeness (QED) is 0.834. The SMILES string of the molecule is CN(C)C(=O)CNc1cc(F)cc(C#N)c1. The molecular weight excluding hydrogens is 209 g/mol. The van der Waals surface area contributed by atoms with Gasteiger partial charge in [0.25, 0.3) is 0 Å². The van der Waals surface area contributed by atoms with Crippen molar-refractivity contribution in [2.75, 3.05) is 26.0 Å². The molecule has 1 rings (SSSR count). The lowest BCUT2D eigenvalue weighted by atomic mass is 10.2. The Bertz CT molecular complexity index is 437. The Morgan fingerprint density at radius 3 is 2.75 bits per heavy atom. The van der Waals surface area contributed by atoms with Gasteiger partial charge in [-0.25, -0.2) is 4.39 Å². The molecule has 0 spiro atoms. The zero-order chi connectivity index (χ0) is 12.1. The molecule has 0 aliphatic rings. The molecule has 5 heteroatoms. The number of nitrogens with zero attached hydrogens (tertiary/aromatic N) is 2. The number of hydrogen-bond donors (Lipinski definition) is 1. The summed E-state index contributed by atoms with van der Waals surface area (Å²) in [6.07, 6.45) is 0. The first-order valence-electron chi connectivity index (χ1n) is 4.67. The van der Waals surface area contributed by atoms with Crippen LogP contribution in [-0.2, 0) is 4.79 Å². The van der Waals surface area contributed by atoms with Crippen molar-refractivity contribution in [2.24, 2.45) is 0 Å². The first-order valence-corrected chi connectivity index (χ1v) is 4.67. The molecule has 0 fully saturated rings. The lowest BCUT2D eigenvalue weighted by Crippen LogP contribution is -2.28. The van der Waals surface area contributed by atoms with E-state index in [-0.39, 0.29) is 18.0 Å². The molecule has 0 heterocycles. The molecule has 4 nitrogen and oxygen atoms in total. The molecule has 84 valence electrons. The normalized spacial score (nSPS) is 9.38. The summed E-state index contributed by atoms with van der Waals surface area (Å²) < 4.78 is 13.0. The van der Waals surface area contributed by atoms with Crippen molar-refractivity contribution < 1.29 is 9.18 Å². The van der Waals surface area contributed by atoms with Gasteiger partial charge >= 0.3 is 0 Å². The number of anilines is 1. The number of likely N-dealkylation sites (N-methyl/N-ethyl adjacent to an activating group) is 1. The van der Waals surface area contributed by atoms with Crippen LogP contribution in [0.25, 0.3) is 0 Å². The highest BCUT2D eigenvalue weighted by molar-refractivity contribution is 5.80. The first kappa shape index (κ1) is 12.0. The lowest BCUT2D eigenvalue weighted by molar-refractivity contribution is -0.126. The fourth-order valence-electron chi connectivity index (χ4n) is 1.09. The van der Waals surface area contributed by atoms with E-state index in [2.05, 4.69) is 5.32 Å². The molecule has 0 bridgehead atoms. The number of rotatable bonds is 3. The molecule has 0 unspecified atom stereocenters. The summed E-state index contributed by atoms with van der Waals surface area (Å²) in [5.74, 6) is -0.623. The molecule has 0 atom stereocenters. The number of benzene rings is 1. The molecule has 1 N–H and O–H groups in total. The lowest BCUT2D eigenvalue weighted by Gasteiger charge is -2.11. The fourth-order valence-corrected chi connectivity index (χ4v) is 1.09. The number of halogens is 1. The molecule has 0 aromatic heterocycles. The summed E-state index contributed by atoms with van der Waals surface area (Å²) in [5.41, 5.74) is 0.645. The van der Waals surface area contributed by atoms with Gasteiger partial charge in [0.05, 0.1) is 18.2 Å². The second-order valence-electron chi connectivity index (χ2n) is 3.48. The second-order valence-corrected chi connectivity index (χ2v) is 3.48. The van der Waals surface area contributed by atoms with Crippen LogP contribution in [0.1, 0.15) is 5.56 Å². The predicted octanol–water partition coefficient (Wildman–Crippen LogP) is 1.20. The van der Waals surface area contributed by atoms with Gasteiger partial charge in [-0.1, -0.05) is 0 Å². The number of carbonyl (C=O) groups excluding carboxylic acids is 1. The standard InChI is InChI=1S/C11H12FN3O/c1-15(2)11(16)7-14-10-4-8(6-13)3-9(12)5-10/h3-5,14H,7H2,1-2H3. The maximum atomic E-state index is 13.0. The average molecular weight is 221 g/mol. The maximum Gasteiger partial charge on any atom is 0.241 e. The van der Waals surface area contributed by atoms with Crippen LogP contribution < -0.4 is 5.32 Å². The molecule has 1 aromatic carbocycles. The van der Waals surface area contributed by atoms with Gasteiger partial charge in [0, 0.05) is 19.8 Å². The Balaban J connectivity index is 2.71. The third-order valence-electron chi connectivity index (χ3n) is 1.97. The molecule has 0 saturated heterocycles. The summed E-state index contributed by atoms with van der Waals surface area (Å²) in [6, 6.07) is 5.71. The van der Waals surface area contributed by atoms with Crippen LogP contribution in [-0.4, -0.2) is 31.4 Å². The highest BCUT2D eigenvalue weighted by Gasteiger charge is 2.05. The van der Waals surface area contributed by atoms with Crippen LogP contribution in [0.2, 0.25) is 0 Å². The smallest absolute Gasteiger partial charge is 0.241 e. The highest BCUT2D eigenvalue weighted by Crippen LogP contribution is 2.12. The van der Waals surface area contributed by atoms with E-state index in [0.29, 0.717) is 5.69 Å². The number of hydrogen-bond acceptors (Lipinski definition) is 3. The van der Waals surface area contributed by atoms with Gasteiger partial charge in [-0.15, -0.1) is 0 Å². The second kappa shape index (κ2) is 5.12. The van der Waals surface area contributed by atoms with Crippen molar-refractivity contribution in [3.8, 4) is 6.07 Å². The minimum atomic E-state index is -0.501. The van der Waals surface area contributed by atoms with Gasteiger partial charge in [-0.2, -0.15) is 5.26 Å². The summed E-state index contributed by atoms with van der Waals surface area (Å²) in [7, 11) is 3.27. The van der Waals surface area contributed by atoms with Crippen molar-refractivity contribution in [3.05, 3.63) is 29.6 Å². The Kier molecular flexibility index (Phi) is 3.84. The molecule has 0 radical (unpaired) electrons. The van der Waals surface area contributed by atoms with E-state index in [4.69, 9.17) is 5.26 Å². The van der Waals surface area contributed by atoms with E-state index < -0.39 is 5.82 Å². The first-order chi connectivity index (χ1) is 7.52. The van der Waals surface area contributed by atoms with E-state index in [9.17, 15) is 9.18 Å². The van der Waals surface area contributed by atoms with Crippen LogP contribution >= 0.6 is 0 Å². The maximum absolute atomic E-state index is 13.0. The minimum Gasteiger partial charge on any atom is -0.376 e. The minimum absolute atomic E-state index is 0.0708. The third-order valence-corrected chi connectivity index (χ3v) is 1.97. The topological polar surface area (TPSA) is 56.1 Å². The summed E-state index contributed by atoms with van der Waals surface area (Å²) in [6.45, 7) is 0.0708. The largest absolute Gasteiger partial charge is 0.376 e. The van der Waals surface area contributed by atoms with Crippen LogP contribution in [0.5, 0.6) is 0 Å². The van der Waals surface area contributed by atoms with Crippen molar-refractivity contribution in [1.82, 2.24) is 4.90 Å². The van der Waals surface area contributed by atoms with Crippen LogP contribution in [0, 0.1) is 17.1 Å². The van der Waals surface area contributed by atoms with E-state index in [0.717, 1.165) is 6.07 Å². The monoisotopic (exact) mass is 221 g/mol. The average Bonchev–Trinajstić information content (AvgIpc) is 2.24. The van der Waals surface area contributed by atoms with Gasteiger partial charge in [0.15, 0.2) is 0 Å². The Labute approximate surface area is 93.3 Å². The van der Waals surface area contributed by atoms with Gasteiger partial charge < -0.3 is 10.2 Å². The Morgan fingerprint density at radius 1 is 1.50 bits per heavy atom. The zero-order valence-corrected chi connectivity index (χ0v) is 9.12. The fraction of sp³-hybridized carbons (Fsp3) is 0.273. The molecule has 0 aliphatic heterocycles. The molecule has 16 heavy (non-hydrogen) atoms. The number of amides is 1. The Morgan fingerprint density at radius 2 is 2.19 bits per heavy atom. The van der Waals surface area contributed by atoms with Gasteiger partial charge in [-0.3, -0.25) is 4.79 Å². The predicted molar refractivity (Wildman–Crippen MR) is 58.3 cm³/mol. The van der Waals surface area contributed by atoms with Crippen molar-refractivity contribution in [1.29, 1.82) is 5.26 Å². The molecule has 1 aromatic rings. The zero-order valence-electron chi connectivity index (χ0n) is 9.12. The van der Waals surface area contributed by atoms with Crippen molar-refractivity contribution in [2.45, 2.75) is 0 Å². The van der Waals surface area contributed by atoms with Crippen LogP contribution in [0.3, 0.4) is 0 Å². The summed E-state index contributed by atoms with van der Waals surface area (Å²) in [4.78, 5) is 12.7. The van der Waals surface area contributed by atoms with E-state index >= 15 is 0 Å². The van der Waals surface area contributed by atoms with Gasteiger partial charge in [-0.05, 0) is 18.2 Å². The molecular formula is C11H12FN3O. The van der Waals surface area contributed by atoms with E-state index in [1.54, 1.807) is 14.1 Å². The van der Waals surface area contributed by atoms with Gasteiger partial charge in [0.2, 0.25) is 5.91 Å². The van der Waals surface area contributed by atoms with Gasteiger partial charge in [0.1, 0.15) is 5.82 Å². The van der Waals surface area contributed by atoms with Crippen LogP contribution in [0.15, 0.2) is 18.2 Å². The molecule has 0 saturated carbocycles. The molecule has 0 aliphatic carbocycles. The van der Waals surface area contributed by atoms with Crippen LogP contribution in [0.4, 0.5) is 10.1 Å². The number of nitriles is 1. The van der Waals surface area contributed by atoms with Crippen molar-refractivity contribution >= 4 is 11.6 Å². The highest BCUT2D eigenvalue weighted by atomic mass is 19.1. The third kappa shape index (κ3) is 3.24. The Hall–Kier alpha value is -2.09. The van der Waals surface area contributed by atoms with E-state index in [1.807, 2.05) is 6.07 Å². The number of carbonyl (C=O) groups is 1. The van der Waals surface area contributed by atoms with Crippen molar-refractivity contribution in [3.63, 3.8) is 0 Å². The number of nitrogens with one attached hydrogen (secondary N) is 1. The van der Waals surface area contributed by atoms with E-state index in [1.165, 1.54) is 17.0 Å². The summed E-state index contributed by atoms with van der Waals surface area (Å²) in [5, 5.41) is 11.4.